The molecule has 0 unspecified atom stereocenters. The van der Waals surface area contributed by atoms with Gasteiger partial charge in [-0.1, -0.05) is 47.7 Å². The lowest BCUT2D eigenvalue weighted by Crippen LogP contribution is -2.23. The van der Waals surface area contributed by atoms with Crippen molar-refractivity contribution in [1.82, 2.24) is 0 Å². The van der Waals surface area contributed by atoms with E-state index in [1.807, 2.05) is 24.3 Å². The summed E-state index contributed by atoms with van der Waals surface area (Å²) in [6.45, 7) is 2.22. The van der Waals surface area contributed by atoms with Crippen molar-refractivity contribution in [3.63, 3.8) is 0 Å². The quantitative estimate of drug-likeness (QED) is 0.698. The van der Waals surface area contributed by atoms with Crippen LogP contribution in [0.2, 0.25) is 0 Å². The zero-order valence-electron chi connectivity index (χ0n) is 10.5. The summed E-state index contributed by atoms with van der Waals surface area (Å²) in [5.41, 5.74) is 0. The van der Waals surface area contributed by atoms with Gasteiger partial charge in [-0.15, -0.1) is 0 Å². The Balaban J connectivity index is 1.93. The van der Waals surface area contributed by atoms with Gasteiger partial charge in [-0.3, -0.25) is 0 Å². The maximum Gasteiger partial charge on any atom is 0.120 e. The molecule has 1 saturated carbocycles. The molecule has 0 spiro atoms. The molecule has 2 heteroatoms. The van der Waals surface area contributed by atoms with Crippen molar-refractivity contribution in [2.24, 2.45) is 5.92 Å². The molecule has 0 heterocycles. The Hall–Kier alpha value is -0.500. The van der Waals surface area contributed by atoms with Crippen LogP contribution in [0.15, 0.2) is 28.7 Å². The number of ether oxygens (including phenoxy) is 1. The third kappa shape index (κ3) is 4.02. The summed E-state index contributed by atoms with van der Waals surface area (Å²) in [4.78, 5) is 0. The van der Waals surface area contributed by atoms with Crippen molar-refractivity contribution in [1.29, 1.82) is 0 Å². The van der Waals surface area contributed by atoms with Gasteiger partial charge in [0.05, 0.1) is 6.10 Å². The summed E-state index contributed by atoms with van der Waals surface area (Å²) in [6.07, 6.45) is 8.54. The number of rotatable bonds is 3. The van der Waals surface area contributed by atoms with Crippen LogP contribution >= 0.6 is 15.9 Å². The van der Waals surface area contributed by atoms with E-state index in [9.17, 15) is 0 Å². The minimum absolute atomic E-state index is 0.336. The van der Waals surface area contributed by atoms with Gasteiger partial charge in [-0.2, -0.15) is 0 Å². The third-order valence-corrected chi connectivity index (χ3v) is 4.17. The van der Waals surface area contributed by atoms with Crippen LogP contribution < -0.4 is 4.74 Å². The second-order valence-corrected chi connectivity index (χ2v) is 5.95. The molecule has 1 aromatic carbocycles. The van der Waals surface area contributed by atoms with E-state index in [1.54, 1.807) is 0 Å². The molecule has 0 N–H and O–H groups in total. The van der Waals surface area contributed by atoms with Gasteiger partial charge in [0.25, 0.3) is 0 Å². The van der Waals surface area contributed by atoms with Crippen molar-refractivity contribution < 1.29 is 4.74 Å². The lowest BCUT2D eigenvalue weighted by molar-refractivity contribution is 0.140. The van der Waals surface area contributed by atoms with Crippen molar-refractivity contribution in [3.8, 4) is 5.75 Å². The van der Waals surface area contributed by atoms with Crippen LogP contribution in [0.1, 0.15) is 45.4 Å². The molecule has 1 aliphatic rings. The highest BCUT2D eigenvalue weighted by Gasteiger charge is 2.20. The maximum atomic E-state index is 6.06. The first kappa shape index (κ1) is 12.9. The van der Waals surface area contributed by atoms with Crippen LogP contribution in [0.4, 0.5) is 0 Å². The standard InChI is InChI=1S/C15H21BrO/c1-12(13-7-4-2-3-5-8-13)17-15-10-6-9-14(16)11-15/h6,9-13H,2-5,7-8H2,1H3/t12-/m1/s1. The van der Waals surface area contributed by atoms with Gasteiger partial charge in [0.2, 0.25) is 0 Å². The smallest absolute Gasteiger partial charge is 0.120 e. The monoisotopic (exact) mass is 296 g/mol. The second-order valence-electron chi connectivity index (χ2n) is 5.03. The van der Waals surface area contributed by atoms with E-state index in [0.717, 1.165) is 16.1 Å². The highest BCUT2D eigenvalue weighted by atomic mass is 79.9. The van der Waals surface area contributed by atoms with E-state index in [2.05, 4.69) is 22.9 Å². The van der Waals surface area contributed by atoms with Crippen LogP contribution in [0.3, 0.4) is 0 Å². The Morgan fingerprint density at radius 2 is 1.88 bits per heavy atom. The number of hydrogen-bond acceptors (Lipinski definition) is 1. The maximum absolute atomic E-state index is 6.06. The Morgan fingerprint density at radius 3 is 2.53 bits per heavy atom. The van der Waals surface area contributed by atoms with E-state index in [-0.39, 0.29) is 0 Å². The molecule has 1 aromatic rings. The second kappa shape index (κ2) is 6.44. The summed E-state index contributed by atoms with van der Waals surface area (Å²) in [5, 5.41) is 0. The molecular weight excluding hydrogens is 276 g/mol. The van der Waals surface area contributed by atoms with Gasteiger partial charge in [-0.25, -0.2) is 0 Å². The van der Waals surface area contributed by atoms with Crippen molar-refractivity contribution in [2.75, 3.05) is 0 Å². The first-order valence-corrected chi connectivity index (χ1v) is 7.47. The zero-order valence-corrected chi connectivity index (χ0v) is 12.1. The van der Waals surface area contributed by atoms with Crippen LogP contribution in [0.25, 0.3) is 0 Å². The summed E-state index contributed by atoms with van der Waals surface area (Å²) in [7, 11) is 0. The molecule has 0 aromatic heterocycles. The average molecular weight is 297 g/mol. The number of benzene rings is 1. The molecule has 0 aliphatic heterocycles. The largest absolute Gasteiger partial charge is 0.490 e. The topological polar surface area (TPSA) is 9.23 Å². The number of hydrogen-bond donors (Lipinski definition) is 0. The van der Waals surface area contributed by atoms with Gasteiger partial charge in [0.15, 0.2) is 0 Å². The molecular formula is C15H21BrO. The Kier molecular flexibility index (Phi) is 4.90. The summed E-state index contributed by atoms with van der Waals surface area (Å²) in [6, 6.07) is 8.15. The zero-order chi connectivity index (χ0) is 12.1. The molecule has 17 heavy (non-hydrogen) atoms. The molecule has 94 valence electrons. The molecule has 0 bridgehead atoms. The summed E-state index contributed by atoms with van der Waals surface area (Å²) < 4.78 is 7.15. The predicted molar refractivity (Wildman–Crippen MR) is 75.4 cm³/mol. The van der Waals surface area contributed by atoms with Crippen molar-refractivity contribution in [2.45, 2.75) is 51.6 Å². The molecule has 1 nitrogen and oxygen atoms in total. The predicted octanol–water partition coefficient (Wildman–Crippen LogP) is 5.19. The normalized spacial score (nSPS) is 19.6. The van der Waals surface area contributed by atoms with Crippen LogP contribution in [-0.4, -0.2) is 6.10 Å². The van der Waals surface area contributed by atoms with Gasteiger partial charge in [-0.05, 0) is 43.9 Å². The summed E-state index contributed by atoms with van der Waals surface area (Å²) in [5.74, 6) is 1.72. The Labute approximate surface area is 113 Å². The van der Waals surface area contributed by atoms with Gasteiger partial charge in [0, 0.05) is 4.47 Å². The SMILES string of the molecule is C[C@@H](Oc1cccc(Br)c1)C1CCCCCC1. The Bertz CT molecular complexity index is 343. The molecule has 0 saturated heterocycles. The molecule has 2 rings (SSSR count). The molecule has 0 amide bonds. The summed E-state index contributed by atoms with van der Waals surface area (Å²) >= 11 is 3.48. The van der Waals surface area contributed by atoms with Crippen LogP contribution in [-0.2, 0) is 0 Å². The van der Waals surface area contributed by atoms with E-state index in [0.29, 0.717) is 6.10 Å². The molecule has 1 aliphatic carbocycles. The van der Waals surface area contributed by atoms with Crippen molar-refractivity contribution >= 4 is 15.9 Å². The van der Waals surface area contributed by atoms with E-state index < -0.39 is 0 Å². The van der Waals surface area contributed by atoms with Gasteiger partial charge >= 0.3 is 0 Å². The lowest BCUT2D eigenvalue weighted by atomic mass is 9.95. The van der Waals surface area contributed by atoms with Crippen molar-refractivity contribution in [3.05, 3.63) is 28.7 Å². The minimum Gasteiger partial charge on any atom is -0.490 e. The minimum atomic E-state index is 0.336. The highest BCUT2D eigenvalue weighted by molar-refractivity contribution is 9.10. The first-order valence-electron chi connectivity index (χ1n) is 6.68. The van der Waals surface area contributed by atoms with E-state index >= 15 is 0 Å². The first-order chi connectivity index (χ1) is 8.25. The molecule has 0 radical (unpaired) electrons. The number of halogens is 1. The fraction of sp³-hybridized carbons (Fsp3) is 0.600. The average Bonchev–Trinajstić information content (AvgIpc) is 2.57. The molecule has 1 atom stereocenters. The third-order valence-electron chi connectivity index (χ3n) is 3.68. The van der Waals surface area contributed by atoms with Gasteiger partial charge < -0.3 is 4.74 Å². The van der Waals surface area contributed by atoms with E-state index in [1.165, 1.54) is 38.5 Å². The molecule has 1 fully saturated rings. The van der Waals surface area contributed by atoms with Gasteiger partial charge in [0.1, 0.15) is 5.75 Å². The fourth-order valence-corrected chi connectivity index (χ4v) is 3.01. The van der Waals surface area contributed by atoms with Crippen LogP contribution in [0.5, 0.6) is 5.75 Å². The van der Waals surface area contributed by atoms with Crippen LogP contribution in [0, 0.1) is 5.92 Å². The lowest BCUT2D eigenvalue weighted by Gasteiger charge is -2.23. The Morgan fingerprint density at radius 1 is 1.18 bits per heavy atom. The fourth-order valence-electron chi connectivity index (χ4n) is 2.63. The highest BCUT2D eigenvalue weighted by Crippen LogP contribution is 2.28. The van der Waals surface area contributed by atoms with E-state index in [4.69, 9.17) is 4.74 Å².